The van der Waals surface area contributed by atoms with Crippen LogP contribution in [0, 0.1) is 0 Å². The number of aromatic nitrogens is 4. The van der Waals surface area contributed by atoms with Crippen molar-refractivity contribution in [3.05, 3.63) is 23.2 Å². The molecule has 1 heterocycles. The predicted octanol–water partition coefficient (Wildman–Crippen LogP) is 3.11. The Morgan fingerprint density at radius 2 is 2.00 bits per heavy atom. The first-order valence-corrected chi connectivity index (χ1v) is 6.74. The Morgan fingerprint density at radius 3 is 2.58 bits per heavy atom. The number of anilines is 1. The number of rotatable bonds is 4. The van der Waals surface area contributed by atoms with Crippen LogP contribution in [0.4, 0.5) is 5.69 Å². The number of hydrogen-bond donors (Lipinski definition) is 1. The number of tetrazole rings is 1. The largest absolute Gasteiger partial charge is 0.399 e. The highest BCUT2D eigenvalue weighted by atomic mass is 35.5. The summed E-state index contributed by atoms with van der Waals surface area (Å²) in [7, 11) is 0. The summed E-state index contributed by atoms with van der Waals surface area (Å²) in [5.41, 5.74) is 7.02. The number of nitrogen functional groups attached to an aromatic ring is 1. The highest BCUT2D eigenvalue weighted by molar-refractivity contribution is 6.33. The first kappa shape index (κ1) is 13.8. The van der Waals surface area contributed by atoms with E-state index < -0.39 is 0 Å². The van der Waals surface area contributed by atoms with E-state index in [-0.39, 0.29) is 5.54 Å². The maximum atomic E-state index is 6.24. The first-order valence-electron chi connectivity index (χ1n) is 6.36. The molecule has 1 aromatic heterocycles. The SMILES string of the molecule is CCC(C)(CC)n1nnnc1-c1ccc(N)cc1Cl. The number of nitrogens with two attached hydrogens (primary N) is 1. The summed E-state index contributed by atoms with van der Waals surface area (Å²) < 4.78 is 1.85. The second-order valence-electron chi connectivity index (χ2n) is 4.86. The molecule has 0 bridgehead atoms. The van der Waals surface area contributed by atoms with Crippen LogP contribution in [0.2, 0.25) is 5.02 Å². The van der Waals surface area contributed by atoms with Gasteiger partial charge in [-0.25, -0.2) is 4.68 Å². The molecule has 0 radical (unpaired) electrons. The maximum absolute atomic E-state index is 6.24. The van der Waals surface area contributed by atoms with Gasteiger partial charge in [-0.05, 0) is 48.4 Å². The van der Waals surface area contributed by atoms with E-state index in [0.29, 0.717) is 16.5 Å². The lowest BCUT2D eigenvalue weighted by Gasteiger charge is -2.27. The third kappa shape index (κ3) is 2.42. The molecule has 1 aromatic carbocycles. The summed E-state index contributed by atoms with van der Waals surface area (Å²) in [6.45, 7) is 6.39. The van der Waals surface area contributed by atoms with Gasteiger partial charge >= 0.3 is 0 Å². The van der Waals surface area contributed by atoms with Crippen LogP contribution in [0.25, 0.3) is 11.4 Å². The van der Waals surface area contributed by atoms with Gasteiger partial charge in [0.25, 0.3) is 0 Å². The zero-order valence-electron chi connectivity index (χ0n) is 11.4. The van der Waals surface area contributed by atoms with Crippen molar-refractivity contribution in [3.63, 3.8) is 0 Å². The second kappa shape index (κ2) is 5.17. The van der Waals surface area contributed by atoms with Gasteiger partial charge in [-0.2, -0.15) is 0 Å². The molecule has 0 aliphatic heterocycles. The van der Waals surface area contributed by atoms with Crippen LogP contribution in [0.15, 0.2) is 18.2 Å². The Balaban J connectivity index is 2.56. The van der Waals surface area contributed by atoms with Gasteiger partial charge in [0, 0.05) is 11.3 Å². The second-order valence-corrected chi connectivity index (χ2v) is 5.26. The Labute approximate surface area is 117 Å². The highest BCUT2D eigenvalue weighted by Gasteiger charge is 2.28. The molecule has 2 rings (SSSR count). The Morgan fingerprint density at radius 1 is 1.32 bits per heavy atom. The summed E-state index contributed by atoms with van der Waals surface area (Å²) in [5.74, 6) is 0.677. The lowest BCUT2D eigenvalue weighted by Crippen LogP contribution is -2.30. The average Bonchev–Trinajstić information content (AvgIpc) is 2.87. The Bertz CT molecular complexity index is 574. The quantitative estimate of drug-likeness (QED) is 0.873. The molecule has 0 spiro atoms. The van der Waals surface area contributed by atoms with E-state index in [1.54, 1.807) is 12.1 Å². The molecule has 2 aromatic rings. The molecule has 19 heavy (non-hydrogen) atoms. The summed E-state index contributed by atoms with van der Waals surface area (Å²) in [5, 5.41) is 12.6. The number of benzene rings is 1. The molecule has 102 valence electrons. The standard InChI is InChI=1S/C13H18ClN5/c1-4-13(3,5-2)19-12(16-17-18-19)10-7-6-9(15)8-11(10)14/h6-8H,4-5,15H2,1-3H3. The minimum atomic E-state index is -0.121. The van der Waals surface area contributed by atoms with E-state index >= 15 is 0 Å². The van der Waals surface area contributed by atoms with Gasteiger partial charge in [0.1, 0.15) is 0 Å². The van der Waals surface area contributed by atoms with Crippen LogP contribution in [0.5, 0.6) is 0 Å². The van der Waals surface area contributed by atoms with Crippen molar-refractivity contribution < 1.29 is 0 Å². The number of nitrogens with zero attached hydrogens (tertiary/aromatic N) is 4. The van der Waals surface area contributed by atoms with E-state index in [2.05, 4.69) is 36.3 Å². The van der Waals surface area contributed by atoms with Gasteiger partial charge < -0.3 is 5.73 Å². The van der Waals surface area contributed by atoms with E-state index in [1.165, 1.54) is 0 Å². The van der Waals surface area contributed by atoms with Crippen LogP contribution < -0.4 is 5.73 Å². The van der Waals surface area contributed by atoms with Gasteiger partial charge in [0.2, 0.25) is 0 Å². The summed E-state index contributed by atoms with van der Waals surface area (Å²) in [6, 6.07) is 5.37. The highest BCUT2D eigenvalue weighted by Crippen LogP contribution is 2.32. The third-order valence-electron chi connectivity index (χ3n) is 3.74. The molecule has 0 unspecified atom stereocenters. The van der Waals surface area contributed by atoms with E-state index in [4.69, 9.17) is 17.3 Å². The van der Waals surface area contributed by atoms with Crippen molar-refractivity contribution in [2.24, 2.45) is 0 Å². The lowest BCUT2D eigenvalue weighted by atomic mass is 9.95. The Hall–Kier alpha value is -1.62. The molecule has 0 atom stereocenters. The molecule has 0 aliphatic carbocycles. The Kier molecular flexibility index (Phi) is 3.75. The van der Waals surface area contributed by atoms with Gasteiger partial charge in [-0.15, -0.1) is 5.10 Å². The fourth-order valence-electron chi connectivity index (χ4n) is 1.98. The molecular weight excluding hydrogens is 262 g/mol. The van der Waals surface area contributed by atoms with Crippen molar-refractivity contribution in [1.82, 2.24) is 20.2 Å². The van der Waals surface area contributed by atoms with Crippen LogP contribution in [0.1, 0.15) is 33.6 Å². The topological polar surface area (TPSA) is 69.6 Å². The van der Waals surface area contributed by atoms with E-state index in [9.17, 15) is 0 Å². The summed E-state index contributed by atoms with van der Waals surface area (Å²) >= 11 is 6.24. The number of hydrogen-bond acceptors (Lipinski definition) is 4. The molecular formula is C13H18ClN5. The van der Waals surface area contributed by atoms with Gasteiger partial charge in [-0.1, -0.05) is 25.4 Å². The molecule has 6 heteroatoms. The summed E-state index contributed by atoms with van der Waals surface area (Å²) in [4.78, 5) is 0. The molecule has 2 N–H and O–H groups in total. The number of halogens is 1. The minimum Gasteiger partial charge on any atom is -0.399 e. The van der Waals surface area contributed by atoms with E-state index in [0.717, 1.165) is 18.4 Å². The average molecular weight is 280 g/mol. The maximum Gasteiger partial charge on any atom is 0.184 e. The van der Waals surface area contributed by atoms with Crippen molar-refractivity contribution in [2.75, 3.05) is 5.73 Å². The predicted molar refractivity (Wildman–Crippen MR) is 76.9 cm³/mol. The van der Waals surface area contributed by atoms with Crippen molar-refractivity contribution >= 4 is 17.3 Å². The molecule has 0 aliphatic rings. The molecule has 0 saturated carbocycles. The third-order valence-corrected chi connectivity index (χ3v) is 4.05. The monoisotopic (exact) mass is 279 g/mol. The van der Waals surface area contributed by atoms with Crippen molar-refractivity contribution in [3.8, 4) is 11.4 Å². The van der Waals surface area contributed by atoms with Gasteiger partial charge in [0.15, 0.2) is 5.82 Å². The van der Waals surface area contributed by atoms with Gasteiger partial charge in [0.05, 0.1) is 10.6 Å². The molecule has 0 saturated heterocycles. The van der Waals surface area contributed by atoms with Crippen LogP contribution >= 0.6 is 11.6 Å². The minimum absolute atomic E-state index is 0.121. The van der Waals surface area contributed by atoms with Crippen molar-refractivity contribution in [2.45, 2.75) is 39.2 Å². The molecule has 0 amide bonds. The van der Waals surface area contributed by atoms with Gasteiger partial charge in [-0.3, -0.25) is 0 Å². The lowest BCUT2D eigenvalue weighted by molar-refractivity contribution is 0.262. The van der Waals surface area contributed by atoms with E-state index in [1.807, 2.05) is 10.7 Å². The smallest absolute Gasteiger partial charge is 0.184 e. The normalized spacial score (nSPS) is 11.8. The fourth-order valence-corrected chi connectivity index (χ4v) is 2.25. The zero-order valence-corrected chi connectivity index (χ0v) is 12.1. The van der Waals surface area contributed by atoms with Crippen LogP contribution in [0.3, 0.4) is 0 Å². The van der Waals surface area contributed by atoms with Crippen LogP contribution in [-0.4, -0.2) is 20.2 Å². The fraction of sp³-hybridized carbons (Fsp3) is 0.462. The summed E-state index contributed by atoms with van der Waals surface area (Å²) in [6.07, 6.45) is 1.88. The van der Waals surface area contributed by atoms with Crippen molar-refractivity contribution in [1.29, 1.82) is 0 Å². The molecule has 5 nitrogen and oxygen atoms in total. The molecule has 0 fully saturated rings. The zero-order chi connectivity index (χ0) is 14.0. The first-order chi connectivity index (χ1) is 9.01. The van der Waals surface area contributed by atoms with Crippen LogP contribution in [-0.2, 0) is 5.54 Å².